The average molecular weight is 168 g/mol. The molecule has 0 aromatic rings. The molecule has 1 saturated carbocycles. The topological polar surface area (TPSA) is 34.1 Å². The van der Waals surface area contributed by atoms with E-state index in [9.17, 15) is 9.59 Å². The van der Waals surface area contributed by atoms with Gasteiger partial charge in [-0.1, -0.05) is 20.8 Å². The molecule has 1 fully saturated rings. The van der Waals surface area contributed by atoms with Crippen molar-refractivity contribution < 1.29 is 9.59 Å². The maximum Gasteiger partial charge on any atom is 0.203 e. The molecule has 0 saturated heterocycles. The second-order valence-corrected chi connectivity index (χ2v) is 4.48. The molecule has 0 aliphatic heterocycles. The van der Waals surface area contributed by atoms with Crippen molar-refractivity contribution in [2.24, 2.45) is 11.3 Å². The Morgan fingerprint density at radius 1 is 1.33 bits per heavy atom. The van der Waals surface area contributed by atoms with Crippen LogP contribution >= 0.6 is 0 Å². The fourth-order valence-electron chi connectivity index (χ4n) is 1.61. The third-order valence-electron chi connectivity index (χ3n) is 2.66. The summed E-state index contributed by atoms with van der Waals surface area (Å²) in [4.78, 5) is 22.8. The smallest absolute Gasteiger partial charge is 0.203 e. The van der Waals surface area contributed by atoms with Crippen LogP contribution in [0.1, 0.15) is 40.0 Å². The fourth-order valence-corrected chi connectivity index (χ4v) is 1.61. The molecule has 1 atom stereocenters. The van der Waals surface area contributed by atoms with Crippen LogP contribution in [-0.4, -0.2) is 11.6 Å². The van der Waals surface area contributed by atoms with Gasteiger partial charge in [-0.05, 0) is 18.8 Å². The summed E-state index contributed by atoms with van der Waals surface area (Å²) in [5, 5.41) is 0. The SMILES string of the molecule is CC1CCC(C)(C)C(=O)C(=O)C1. The average Bonchev–Trinajstić information content (AvgIpc) is 2.04. The van der Waals surface area contributed by atoms with E-state index in [2.05, 4.69) is 0 Å². The van der Waals surface area contributed by atoms with E-state index >= 15 is 0 Å². The van der Waals surface area contributed by atoms with E-state index in [4.69, 9.17) is 0 Å². The van der Waals surface area contributed by atoms with Crippen molar-refractivity contribution in [3.63, 3.8) is 0 Å². The number of hydrogen-bond donors (Lipinski definition) is 0. The summed E-state index contributed by atoms with van der Waals surface area (Å²) in [6, 6.07) is 0. The highest BCUT2D eigenvalue weighted by atomic mass is 16.2. The second-order valence-electron chi connectivity index (χ2n) is 4.48. The molecule has 0 amide bonds. The molecule has 68 valence electrons. The van der Waals surface area contributed by atoms with Gasteiger partial charge in [-0.25, -0.2) is 0 Å². The Labute approximate surface area is 73.3 Å². The number of Topliss-reactive ketones (excluding diaryl/α,β-unsaturated/α-hetero) is 2. The molecule has 0 aromatic heterocycles. The normalized spacial score (nSPS) is 30.1. The van der Waals surface area contributed by atoms with Crippen molar-refractivity contribution in [1.29, 1.82) is 0 Å². The van der Waals surface area contributed by atoms with Crippen LogP contribution in [0.15, 0.2) is 0 Å². The van der Waals surface area contributed by atoms with Crippen LogP contribution in [0.25, 0.3) is 0 Å². The van der Waals surface area contributed by atoms with Gasteiger partial charge >= 0.3 is 0 Å². The van der Waals surface area contributed by atoms with Gasteiger partial charge in [-0.3, -0.25) is 9.59 Å². The molecule has 0 aromatic carbocycles. The number of carbonyl (C=O) groups excluding carboxylic acids is 2. The van der Waals surface area contributed by atoms with Crippen molar-refractivity contribution >= 4 is 11.6 Å². The van der Waals surface area contributed by atoms with Crippen molar-refractivity contribution in [2.75, 3.05) is 0 Å². The van der Waals surface area contributed by atoms with E-state index in [0.717, 1.165) is 12.8 Å². The Kier molecular flexibility index (Phi) is 2.36. The summed E-state index contributed by atoms with van der Waals surface area (Å²) in [6.45, 7) is 5.77. The minimum absolute atomic E-state index is 0.174. The van der Waals surface area contributed by atoms with Crippen LogP contribution in [-0.2, 0) is 9.59 Å². The lowest BCUT2D eigenvalue weighted by molar-refractivity contribution is -0.141. The first-order valence-electron chi connectivity index (χ1n) is 4.51. The molecule has 0 spiro atoms. The van der Waals surface area contributed by atoms with E-state index in [1.165, 1.54) is 0 Å². The van der Waals surface area contributed by atoms with E-state index in [-0.39, 0.29) is 11.6 Å². The molecule has 0 bridgehead atoms. The Balaban J connectivity index is 2.84. The summed E-state index contributed by atoms with van der Waals surface area (Å²) < 4.78 is 0. The van der Waals surface area contributed by atoms with Crippen molar-refractivity contribution in [3.05, 3.63) is 0 Å². The van der Waals surface area contributed by atoms with Crippen LogP contribution in [0.2, 0.25) is 0 Å². The van der Waals surface area contributed by atoms with Crippen molar-refractivity contribution in [3.8, 4) is 0 Å². The molecule has 1 rings (SSSR count). The molecular formula is C10H16O2. The maximum absolute atomic E-state index is 11.5. The summed E-state index contributed by atoms with van der Waals surface area (Å²) >= 11 is 0. The van der Waals surface area contributed by atoms with Crippen LogP contribution < -0.4 is 0 Å². The molecular weight excluding hydrogens is 152 g/mol. The first-order valence-corrected chi connectivity index (χ1v) is 4.51. The summed E-state index contributed by atoms with van der Waals surface area (Å²) in [5.41, 5.74) is -0.415. The van der Waals surface area contributed by atoms with Crippen LogP contribution in [0.5, 0.6) is 0 Å². The van der Waals surface area contributed by atoms with E-state index in [0.29, 0.717) is 12.3 Å². The molecule has 0 heterocycles. The minimum atomic E-state index is -0.415. The van der Waals surface area contributed by atoms with Crippen LogP contribution in [0.3, 0.4) is 0 Å². The standard InChI is InChI=1S/C10H16O2/c1-7-4-5-10(2,3)9(12)8(11)6-7/h7H,4-6H2,1-3H3. The highest BCUT2D eigenvalue weighted by Gasteiger charge is 2.36. The first kappa shape index (κ1) is 9.43. The Hall–Kier alpha value is -0.660. The molecule has 0 N–H and O–H groups in total. The highest BCUT2D eigenvalue weighted by molar-refractivity contribution is 6.39. The second kappa shape index (κ2) is 3.00. The van der Waals surface area contributed by atoms with Gasteiger partial charge in [-0.2, -0.15) is 0 Å². The molecule has 0 radical (unpaired) electrons. The molecule has 1 aliphatic rings. The van der Waals surface area contributed by atoms with Crippen molar-refractivity contribution in [2.45, 2.75) is 40.0 Å². The van der Waals surface area contributed by atoms with Crippen LogP contribution in [0.4, 0.5) is 0 Å². The molecule has 2 heteroatoms. The third-order valence-corrected chi connectivity index (χ3v) is 2.66. The zero-order chi connectivity index (χ0) is 9.35. The largest absolute Gasteiger partial charge is 0.291 e. The number of rotatable bonds is 0. The Morgan fingerprint density at radius 2 is 1.92 bits per heavy atom. The van der Waals surface area contributed by atoms with Gasteiger partial charge in [0, 0.05) is 11.8 Å². The predicted octanol–water partition coefficient (Wildman–Crippen LogP) is 1.97. The predicted molar refractivity (Wildman–Crippen MR) is 46.8 cm³/mol. The fraction of sp³-hybridized carbons (Fsp3) is 0.800. The Bertz CT molecular complexity index is 216. The highest BCUT2D eigenvalue weighted by Crippen LogP contribution is 2.31. The zero-order valence-electron chi connectivity index (χ0n) is 8.02. The van der Waals surface area contributed by atoms with Gasteiger partial charge in [0.05, 0.1) is 0 Å². The van der Waals surface area contributed by atoms with Crippen LogP contribution in [0, 0.1) is 11.3 Å². The zero-order valence-corrected chi connectivity index (χ0v) is 8.02. The summed E-state index contributed by atoms with van der Waals surface area (Å²) in [7, 11) is 0. The summed E-state index contributed by atoms with van der Waals surface area (Å²) in [6.07, 6.45) is 2.28. The number of ketones is 2. The number of carbonyl (C=O) groups is 2. The quantitative estimate of drug-likeness (QED) is 0.409. The Morgan fingerprint density at radius 3 is 2.50 bits per heavy atom. The van der Waals surface area contributed by atoms with Gasteiger partial charge < -0.3 is 0 Å². The molecule has 1 aliphatic carbocycles. The lowest BCUT2D eigenvalue weighted by atomic mass is 9.83. The molecule has 2 nitrogen and oxygen atoms in total. The third kappa shape index (κ3) is 1.74. The van der Waals surface area contributed by atoms with E-state index in [1.807, 2.05) is 20.8 Å². The lowest BCUT2D eigenvalue weighted by Crippen LogP contribution is -2.29. The molecule has 12 heavy (non-hydrogen) atoms. The first-order chi connectivity index (χ1) is 5.43. The van der Waals surface area contributed by atoms with Gasteiger partial charge in [0.25, 0.3) is 0 Å². The maximum atomic E-state index is 11.5. The monoisotopic (exact) mass is 168 g/mol. The van der Waals surface area contributed by atoms with Gasteiger partial charge in [0.1, 0.15) is 0 Å². The van der Waals surface area contributed by atoms with E-state index in [1.54, 1.807) is 0 Å². The van der Waals surface area contributed by atoms with Gasteiger partial charge in [-0.15, -0.1) is 0 Å². The van der Waals surface area contributed by atoms with Gasteiger partial charge in [0.2, 0.25) is 5.78 Å². The lowest BCUT2D eigenvalue weighted by Gasteiger charge is -2.18. The number of hydrogen-bond acceptors (Lipinski definition) is 2. The minimum Gasteiger partial charge on any atom is -0.291 e. The van der Waals surface area contributed by atoms with Crippen molar-refractivity contribution in [1.82, 2.24) is 0 Å². The molecule has 1 unspecified atom stereocenters. The van der Waals surface area contributed by atoms with Gasteiger partial charge in [0.15, 0.2) is 5.78 Å². The summed E-state index contributed by atoms with van der Waals surface area (Å²) in [5.74, 6) is 0.0278. The van der Waals surface area contributed by atoms with E-state index < -0.39 is 5.41 Å².